The fourth-order valence-electron chi connectivity index (χ4n) is 14.6. The maximum atomic E-state index is 12.7. The Morgan fingerprint density at radius 3 is 1.94 bits per heavy atom. The van der Waals surface area contributed by atoms with Crippen LogP contribution in [0.4, 0.5) is 0 Å². The zero-order valence-corrected chi connectivity index (χ0v) is 39.3. The Kier molecular flexibility index (Phi) is 15.1. The molecule has 12 N–H and O–H groups in total. The van der Waals surface area contributed by atoms with Crippen molar-refractivity contribution >= 4 is 0 Å². The summed E-state index contributed by atoms with van der Waals surface area (Å²) >= 11 is 0. The predicted molar refractivity (Wildman–Crippen MR) is 229 cm³/mol. The Morgan fingerprint density at radius 1 is 0.692 bits per heavy atom. The highest BCUT2D eigenvalue weighted by Gasteiger charge is 2.74. The highest BCUT2D eigenvalue weighted by atomic mass is 16.8. The Bertz CT molecular complexity index is 1660. The SMILES string of the molecule is CC(C)=CCC[C@](C)(O[C@@H]1O[C@H](CO)[C@@H](O)[C@H](O)[C@H]1O)[C@H]1CC[C@]2(C)[C@@H]1[C@H](O)C[C@@H]1[C@@]3(C)CC[C@H](O)C(C)(C)[C@H]3[C@@H](O[C@@H]3O[C@H](CO)[C@@H](O)[C@H](O)[C@H]3O[C@@H]3OC[C@@H](O)[C@H](O)[C@H]3O)C[C@]12C. The third-order valence-corrected chi connectivity index (χ3v) is 18.3. The molecule has 65 heavy (non-hydrogen) atoms. The summed E-state index contributed by atoms with van der Waals surface area (Å²) in [6, 6.07) is 0. The first-order chi connectivity index (χ1) is 30.3. The van der Waals surface area contributed by atoms with Gasteiger partial charge in [0.2, 0.25) is 0 Å². The molecule has 376 valence electrons. The summed E-state index contributed by atoms with van der Waals surface area (Å²) in [7, 11) is 0. The van der Waals surface area contributed by atoms with Gasteiger partial charge in [0.1, 0.15) is 67.1 Å². The Balaban J connectivity index is 1.27. The first-order valence-corrected chi connectivity index (χ1v) is 23.9. The summed E-state index contributed by atoms with van der Waals surface area (Å²) in [5.74, 6) is -1.11. The molecule has 7 aliphatic rings. The molecule has 0 spiro atoms. The van der Waals surface area contributed by atoms with Crippen LogP contribution in [0, 0.1) is 45.3 Å². The van der Waals surface area contributed by atoms with Crippen molar-refractivity contribution in [1.82, 2.24) is 0 Å². The normalized spacial score (nSPS) is 53.0. The molecule has 7 rings (SSSR count). The van der Waals surface area contributed by atoms with Gasteiger partial charge in [0.05, 0.1) is 43.7 Å². The second kappa shape index (κ2) is 19.0. The molecule has 0 unspecified atom stereocenters. The van der Waals surface area contributed by atoms with Crippen molar-refractivity contribution < 1.29 is 89.7 Å². The number of aliphatic hydroxyl groups excluding tert-OH is 12. The van der Waals surface area contributed by atoms with E-state index in [1.807, 2.05) is 34.6 Å². The van der Waals surface area contributed by atoms with Crippen molar-refractivity contribution in [1.29, 1.82) is 0 Å². The lowest BCUT2D eigenvalue weighted by atomic mass is 9.34. The van der Waals surface area contributed by atoms with Gasteiger partial charge in [-0.3, -0.25) is 0 Å². The lowest BCUT2D eigenvalue weighted by Crippen LogP contribution is -2.71. The van der Waals surface area contributed by atoms with Crippen LogP contribution in [-0.2, 0) is 28.4 Å². The minimum absolute atomic E-state index is 0.0828. The van der Waals surface area contributed by atoms with Gasteiger partial charge < -0.3 is 89.7 Å². The molecule has 7 fully saturated rings. The molecule has 3 heterocycles. The number of fused-ring (bicyclic) bond motifs is 5. The summed E-state index contributed by atoms with van der Waals surface area (Å²) in [6.45, 7) is 15.0. The maximum absolute atomic E-state index is 12.7. The molecule has 0 bridgehead atoms. The van der Waals surface area contributed by atoms with Gasteiger partial charge in [0, 0.05) is 0 Å². The number of ether oxygens (including phenoxy) is 6. The minimum Gasteiger partial charge on any atom is -0.394 e. The van der Waals surface area contributed by atoms with Crippen LogP contribution in [-0.4, -0.2) is 191 Å². The Hall–Kier alpha value is -0.980. The molecule has 3 aliphatic heterocycles. The molecule has 4 saturated carbocycles. The van der Waals surface area contributed by atoms with Crippen LogP contribution in [0.5, 0.6) is 0 Å². The second-order valence-corrected chi connectivity index (χ2v) is 22.6. The van der Waals surface area contributed by atoms with E-state index in [1.54, 1.807) is 0 Å². The molecule has 18 heteroatoms. The van der Waals surface area contributed by atoms with E-state index in [-0.39, 0.29) is 30.3 Å². The topological polar surface area (TPSA) is 298 Å². The first-order valence-electron chi connectivity index (χ1n) is 23.9. The van der Waals surface area contributed by atoms with Gasteiger partial charge >= 0.3 is 0 Å². The molecule has 0 aromatic rings. The molecule has 0 aromatic carbocycles. The second-order valence-electron chi connectivity index (χ2n) is 22.6. The average Bonchev–Trinajstić information content (AvgIpc) is 3.63. The third kappa shape index (κ3) is 8.72. The lowest BCUT2D eigenvalue weighted by molar-refractivity contribution is -0.377. The molecular formula is C47H80O18. The van der Waals surface area contributed by atoms with Crippen LogP contribution >= 0.6 is 0 Å². The number of hydrogen-bond acceptors (Lipinski definition) is 18. The van der Waals surface area contributed by atoms with E-state index in [1.165, 1.54) is 0 Å². The van der Waals surface area contributed by atoms with Crippen LogP contribution < -0.4 is 0 Å². The Labute approximate surface area is 382 Å². The van der Waals surface area contributed by atoms with Crippen LogP contribution in [0.15, 0.2) is 11.6 Å². The van der Waals surface area contributed by atoms with Crippen LogP contribution in [0.2, 0.25) is 0 Å². The summed E-state index contributed by atoms with van der Waals surface area (Å²) in [5.41, 5.74) is -2.41. The zero-order chi connectivity index (χ0) is 47.9. The monoisotopic (exact) mass is 933 g/mol. The highest BCUT2D eigenvalue weighted by Crippen LogP contribution is 2.76. The molecule has 18 nitrogen and oxygen atoms in total. The average molecular weight is 933 g/mol. The van der Waals surface area contributed by atoms with Crippen molar-refractivity contribution in [2.24, 2.45) is 45.3 Å². The largest absolute Gasteiger partial charge is 0.394 e. The summed E-state index contributed by atoms with van der Waals surface area (Å²) in [6.07, 6.45) is -17.2. The van der Waals surface area contributed by atoms with E-state index in [4.69, 9.17) is 28.4 Å². The first kappa shape index (κ1) is 51.9. The molecule has 0 radical (unpaired) electrons. The van der Waals surface area contributed by atoms with Gasteiger partial charge in [-0.15, -0.1) is 0 Å². The minimum atomic E-state index is -1.73. The summed E-state index contributed by atoms with van der Waals surface area (Å²) in [4.78, 5) is 0. The van der Waals surface area contributed by atoms with Crippen LogP contribution in [0.3, 0.4) is 0 Å². The van der Waals surface area contributed by atoms with Gasteiger partial charge in [-0.05, 0) is 117 Å². The van der Waals surface area contributed by atoms with Gasteiger partial charge in [0.15, 0.2) is 18.9 Å². The quantitative estimate of drug-likeness (QED) is 0.0874. The highest BCUT2D eigenvalue weighted by molar-refractivity contribution is 5.22. The summed E-state index contributed by atoms with van der Waals surface area (Å²) < 4.78 is 37.7. The third-order valence-electron chi connectivity index (χ3n) is 18.3. The number of rotatable bonds is 12. The Morgan fingerprint density at radius 2 is 1.31 bits per heavy atom. The number of aliphatic hydroxyl groups is 12. The van der Waals surface area contributed by atoms with Gasteiger partial charge in [0.25, 0.3) is 0 Å². The van der Waals surface area contributed by atoms with Gasteiger partial charge in [-0.1, -0.05) is 46.3 Å². The molecule has 0 aromatic heterocycles. The van der Waals surface area contributed by atoms with E-state index >= 15 is 0 Å². The van der Waals surface area contributed by atoms with Crippen molar-refractivity contribution in [2.75, 3.05) is 19.8 Å². The van der Waals surface area contributed by atoms with Crippen LogP contribution in [0.25, 0.3) is 0 Å². The molecular weight excluding hydrogens is 852 g/mol. The predicted octanol–water partition coefficient (Wildman–Crippen LogP) is -0.417. The fraction of sp³-hybridized carbons (Fsp3) is 0.957. The van der Waals surface area contributed by atoms with Crippen molar-refractivity contribution in [3.05, 3.63) is 11.6 Å². The van der Waals surface area contributed by atoms with Crippen LogP contribution in [0.1, 0.15) is 107 Å². The van der Waals surface area contributed by atoms with E-state index < -0.39 is 145 Å². The van der Waals surface area contributed by atoms with Gasteiger partial charge in [-0.2, -0.15) is 0 Å². The van der Waals surface area contributed by atoms with Crippen molar-refractivity contribution in [3.8, 4) is 0 Å². The number of allylic oxidation sites excluding steroid dienone is 2. The van der Waals surface area contributed by atoms with E-state index in [0.717, 1.165) is 5.57 Å². The maximum Gasteiger partial charge on any atom is 0.187 e. The van der Waals surface area contributed by atoms with E-state index in [0.29, 0.717) is 51.4 Å². The van der Waals surface area contributed by atoms with Crippen molar-refractivity contribution in [2.45, 2.75) is 217 Å². The van der Waals surface area contributed by atoms with E-state index in [2.05, 4.69) is 26.8 Å². The fourth-order valence-corrected chi connectivity index (χ4v) is 14.6. The van der Waals surface area contributed by atoms with Gasteiger partial charge in [-0.25, -0.2) is 0 Å². The zero-order valence-electron chi connectivity index (χ0n) is 39.3. The molecule has 0 amide bonds. The number of hydrogen-bond donors (Lipinski definition) is 12. The van der Waals surface area contributed by atoms with E-state index in [9.17, 15) is 61.3 Å². The lowest BCUT2D eigenvalue weighted by Gasteiger charge is -2.72. The molecule has 25 atom stereocenters. The standard InChI is InChI=1S/C47H80O18/c1-21(2)10-9-13-47(8,65-41-37(59)34(56)32(54)26(18-48)62-41)22-11-15-45(6)30(22)23(50)16-28-44(5)14-12-29(52)43(3,4)39(44)25(17-46(28,45)7)61-42-38(35(57)33(55)27(19-49)63-42)64-40-36(58)31(53)24(51)20-60-40/h10,22-42,48-59H,9,11-20H2,1-8H3/t22-,23+,24+,25-,26+,27+,28+,29-,30-,31-,32+,33+,34-,35-,36+,37+,38+,39+,40-,41-,42+,44+,45+,46+,47-/m0/s1. The molecule has 3 saturated heterocycles. The van der Waals surface area contributed by atoms with Crippen molar-refractivity contribution in [3.63, 3.8) is 0 Å². The molecule has 4 aliphatic carbocycles. The summed E-state index contributed by atoms with van der Waals surface area (Å²) in [5, 5.41) is 131. The smallest absolute Gasteiger partial charge is 0.187 e.